The number of carbonyl (C=O) groups is 1. The molecule has 12 heteroatoms. The minimum absolute atomic E-state index is 0.0649. The molecule has 4 aromatic rings. The van der Waals surface area contributed by atoms with Crippen molar-refractivity contribution in [2.75, 3.05) is 11.9 Å². The molecule has 0 spiro atoms. The maximum Gasteiger partial charge on any atom is 0.279 e. The first-order valence-corrected chi connectivity index (χ1v) is 9.24. The number of carbonyl (C=O) groups excluding carboxylic acids is 1. The van der Waals surface area contributed by atoms with Gasteiger partial charge in [0.2, 0.25) is 0 Å². The molecular weight excluding hydrogens is 414 g/mol. The Kier molecular flexibility index (Phi) is 4.90. The van der Waals surface area contributed by atoms with Crippen LogP contribution >= 0.6 is 11.3 Å². The lowest BCUT2D eigenvalue weighted by molar-refractivity contribution is -0.384. The first kappa shape index (κ1) is 19.1. The number of amides is 1. The minimum Gasteiger partial charge on any atom is -0.481 e. The number of nitrogens with one attached hydrogen (secondary N) is 1. The van der Waals surface area contributed by atoms with E-state index in [2.05, 4.69) is 15.3 Å². The lowest BCUT2D eigenvalue weighted by atomic mass is 10.1. The van der Waals surface area contributed by atoms with Crippen molar-refractivity contribution in [2.45, 2.75) is 0 Å². The van der Waals surface area contributed by atoms with Crippen molar-refractivity contribution in [2.24, 2.45) is 0 Å². The number of aromatic nitrogens is 2. The standard InChI is InChI=1S/C18H11N5O6S/c24-16(21-18-20-12-4-3-10(22(25)26)8-15(12)30-18)9-29-14-6-5-13(23(27)28)11-2-1-7-19-17(11)14/h1-8H,9H2,(H,20,21,24). The molecule has 0 saturated carbocycles. The van der Waals surface area contributed by atoms with E-state index in [1.165, 1.54) is 36.5 Å². The zero-order valence-corrected chi connectivity index (χ0v) is 15.8. The van der Waals surface area contributed by atoms with Crippen molar-refractivity contribution in [3.05, 3.63) is 68.9 Å². The molecule has 0 fully saturated rings. The molecule has 1 N–H and O–H groups in total. The first-order valence-electron chi connectivity index (χ1n) is 8.42. The molecule has 0 bridgehead atoms. The highest BCUT2D eigenvalue weighted by molar-refractivity contribution is 7.22. The highest BCUT2D eigenvalue weighted by atomic mass is 32.1. The van der Waals surface area contributed by atoms with Crippen LogP contribution in [0, 0.1) is 20.2 Å². The lowest BCUT2D eigenvalue weighted by Crippen LogP contribution is -2.20. The zero-order valence-electron chi connectivity index (χ0n) is 15.0. The van der Waals surface area contributed by atoms with Gasteiger partial charge in [-0.05, 0) is 24.3 Å². The number of fused-ring (bicyclic) bond motifs is 2. The average Bonchev–Trinajstić information content (AvgIpc) is 3.12. The van der Waals surface area contributed by atoms with Crippen molar-refractivity contribution in [3.63, 3.8) is 0 Å². The Morgan fingerprint density at radius 1 is 1.13 bits per heavy atom. The minimum atomic E-state index is -0.516. The molecule has 30 heavy (non-hydrogen) atoms. The number of non-ortho nitro benzene ring substituents is 2. The zero-order chi connectivity index (χ0) is 21.3. The maximum absolute atomic E-state index is 12.2. The number of rotatable bonds is 6. The fourth-order valence-corrected chi connectivity index (χ4v) is 3.70. The van der Waals surface area contributed by atoms with Gasteiger partial charge < -0.3 is 4.74 Å². The van der Waals surface area contributed by atoms with Crippen molar-refractivity contribution < 1.29 is 19.4 Å². The molecule has 11 nitrogen and oxygen atoms in total. The molecule has 0 radical (unpaired) electrons. The quantitative estimate of drug-likeness (QED) is 0.363. The van der Waals surface area contributed by atoms with Gasteiger partial charge in [-0.15, -0.1) is 0 Å². The SMILES string of the molecule is O=C(COc1ccc([N+](=O)[O-])c2cccnc12)Nc1nc2ccc([N+](=O)[O-])cc2s1. The third-order valence-corrected chi connectivity index (χ3v) is 5.03. The predicted molar refractivity (Wildman–Crippen MR) is 109 cm³/mol. The highest BCUT2D eigenvalue weighted by Gasteiger charge is 2.17. The van der Waals surface area contributed by atoms with E-state index in [1.807, 2.05) is 0 Å². The fourth-order valence-electron chi connectivity index (χ4n) is 2.79. The molecule has 2 aromatic heterocycles. The van der Waals surface area contributed by atoms with Crippen LogP contribution in [0.4, 0.5) is 16.5 Å². The first-order chi connectivity index (χ1) is 14.4. The molecule has 1 amide bonds. The molecule has 0 unspecified atom stereocenters. The topological polar surface area (TPSA) is 150 Å². The van der Waals surface area contributed by atoms with E-state index >= 15 is 0 Å². The summed E-state index contributed by atoms with van der Waals surface area (Å²) in [6.07, 6.45) is 1.47. The molecule has 0 aliphatic rings. The van der Waals surface area contributed by atoms with Crippen LogP contribution in [0.5, 0.6) is 5.75 Å². The number of pyridine rings is 1. The summed E-state index contributed by atoms with van der Waals surface area (Å²) in [6.45, 7) is -0.375. The van der Waals surface area contributed by atoms with Gasteiger partial charge in [-0.2, -0.15) is 0 Å². The number of hydrogen-bond donors (Lipinski definition) is 1. The number of ether oxygens (including phenoxy) is 1. The molecule has 0 aliphatic carbocycles. The third kappa shape index (κ3) is 3.71. The monoisotopic (exact) mass is 425 g/mol. The Hall–Kier alpha value is -4.19. The van der Waals surface area contributed by atoms with Gasteiger partial charge in [-0.25, -0.2) is 4.98 Å². The fraction of sp³-hybridized carbons (Fsp3) is 0.0556. The second-order valence-corrected chi connectivity index (χ2v) is 7.04. The van der Waals surface area contributed by atoms with Gasteiger partial charge >= 0.3 is 0 Å². The number of nitro benzene ring substituents is 2. The van der Waals surface area contributed by atoms with Crippen molar-refractivity contribution in [1.82, 2.24) is 9.97 Å². The second kappa shape index (κ2) is 7.67. The van der Waals surface area contributed by atoms with Crippen molar-refractivity contribution in [3.8, 4) is 5.75 Å². The van der Waals surface area contributed by atoms with Gasteiger partial charge in [0.15, 0.2) is 11.7 Å². The van der Waals surface area contributed by atoms with Crippen LogP contribution < -0.4 is 10.1 Å². The van der Waals surface area contributed by atoms with Crippen molar-refractivity contribution in [1.29, 1.82) is 0 Å². The van der Waals surface area contributed by atoms with Crippen LogP contribution in [0.1, 0.15) is 0 Å². The molecule has 150 valence electrons. The molecule has 2 aromatic carbocycles. The summed E-state index contributed by atoms with van der Waals surface area (Å²) in [5.74, 6) is -0.280. The molecule has 0 atom stereocenters. The lowest BCUT2D eigenvalue weighted by Gasteiger charge is -2.08. The van der Waals surface area contributed by atoms with Crippen molar-refractivity contribution >= 4 is 54.9 Å². The van der Waals surface area contributed by atoms with E-state index in [9.17, 15) is 25.0 Å². The van der Waals surface area contributed by atoms with E-state index in [-0.39, 0.29) is 34.4 Å². The number of benzene rings is 2. The summed E-state index contributed by atoms with van der Waals surface area (Å²) in [6, 6.07) is 10.0. The molecule has 4 rings (SSSR count). The number of hydrogen-bond acceptors (Lipinski definition) is 9. The van der Waals surface area contributed by atoms with E-state index in [1.54, 1.807) is 12.1 Å². The van der Waals surface area contributed by atoms with Gasteiger partial charge in [0.25, 0.3) is 17.3 Å². The Morgan fingerprint density at radius 2 is 1.97 bits per heavy atom. The Bertz CT molecular complexity index is 1320. The summed E-state index contributed by atoms with van der Waals surface area (Å²) in [4.78, 5) is 41.6. The summed E-state index contributed by atoms with van der Waals surface area (Å²) in [7, 11) is 0. The summed E-state index contributed by atoms with van der Waals surface area (Å²) in [5, 5.41) is 25.2. The van der Waals surface area contributed by atoms with Gasteiger partial charge in [0.1, 0.15) is 11.3 Å². The Labute approximate surface area is 171 Å². The second-order valence-electron chi connectivity index (χ2n) is 6.00. The van der Waals surface area contributed by atoms with E-state index in [0.717, 1.165) is 11.3 Å². The van der Waals surface area contributed by atoms with Gasteiger partial charge in [-0.3, -0.25) is 35.3 Å². The van der Waals surface area contributed by atoms with E-state index in [4.69, 9.17) is 4.74 Å². The number of anilines is 1. The predicted octanol–water partition coefficient (Wildman–Crippen LogP) is 3.68. The van der Waals surface area contributed by atoms with Crippen LogP contribution in [0.25, 0.3) is 21.1 Å². The van der Waals surface area contributed by atoms with Gasteiger partial charge in [0, 0.05) is 24.4 Å². The van der Waals surface area contributed by atoms with E-state index in [0.29, 0.717) is 15.6 Å². The maximum atomic E-state index is 12.2. The van der Waals surface area contributed by atoms with Crippen LogP contribution in [0.2, 0.25) is 0 Å². The molecule has 0 aliphatic heterocycles. The number of nitro groups is 2. The molecule has 0 saturated heterocycles. The third-order valence-electron chi connectivity index (χ3n) is 4.09. The highest BCUT2D eigenvalue weighted by Crippen LogP contribution is 2.32. The Morgan fingerprint density at radius 3 is 2.73 bits per heavy atom. The van der Waals surface area contributed by atoms with Crippen LogP contribution in [0.3, 0.4) is 0 Å². The number of nitrogens with zero attached hydrogens (tertiary/aromatic N) is 4. The van der Waals surface area contributed by atoms with E-state index < -0.39 is 15.8 Å². The van der Waals surface area contributed by atoms with Gasteiger partial charge in [0.05, 0.1) is 25.4 Å². The van der Waals surface area contributed by atoms with Crippen LogP contribution in [-0.2, 0) is 4.79 Å². The molecule has 2 heterocycles. The normalized spacial score (nSPS) is 10.8. The largest absolute Gasteiger partial charge is 0.481 e. The average molecular weight is 425 g/mol. The summed E-state index contributed by atoms with van der Waals surface area (Å²) < 4.78 is 6.06. The van der Waals surface area contributed by atoms with Crippen LogP contribution in [-0.4, -0.2) is 32.3 Å². The van der Waals surface area contributed by atoms with Crippen LogP contribution in [0.15, 0.2) is 48.7 Å². The number of thiazole rings is 1. The molecular formula is C18H11N5O6S. The smallest absolute Gasteiger partial charge is 0.279 e. The summed E-state index contributed by atoms with van der Waals surface area (Å²) >= 11 is 1.10. The summed E-state index contributed by atoms with van der Waals surface area (Å²) in [5.41, 5.74) is 0.613. The Balaban J connectivity index is 1.49. The van der Waals surface area contributed by atoms with Gasteiger partial charge in [-0.1, -0.05) is 11.3 Å².